The fraction of sp³-hybridized carbons (Fsp3) is 0.438. The highest BCUT2D eigenvalue weighted by Crippen LogP contribution is 2.23. The summed E-state index contributed by atoms with van der Waals surface area (Å²) in [6.07, 6.45) is 1.72. The van der Waals surface area contributed by atoms with Crippen molar-refractivity contribution in [2.24, 2.45) is 0 Å². The molecule has 2 N–H and O–H groups in total. The van der Waals surface area contributed by atoms with Gasteiger partial charge in [-0.3, -0.25) is 10.1 Å². The number of nitrogens with zero attached hydrogens (tertiary/aromatic N) is 4. The van der Waals surface area contributed by atoms with E-state index in [-0.39, 0.29) is 23.8 Å². The average molecular weight is 344 g/mol. The number of nitrogens with one attached hydrogen (secondary N) is 2. The van der Waals surface area contributed by atoms with E-state index in [4.69, 9.17) is 0 Å². The molecule has 0 saturated carbocycles. The van der Waals surface area contributed by atoms with Crippen molar-refractivity contribution < 1.29 is 9.72 Å². The first kappa shape index (κ1) is 16.9. The summed E-state index contributed by atoms with van der Waals surface area (Å²) < 4.78 is 1.83. The van der Waals surface area contributed by atoms with Crippen LogP contribution in [-0.2, 0) is 6.54 Å². The van der Waals surface area contributed by atoms with E-state index in [0.29, 0.717) is 11.4 Å². The largest absolute Gasteiger partial charge is 0.332 e. The first-order valence-corrected chi connectivity index (χ1v) is 8.17. The zero-order valence-electron chi connectivity index (χ0n) is 14.1. The predicted octanol–water partition coefficient (Wildman–Crippen LogP) is 2.39. The van der Waals surface area contributed by atoms with E-state index in [0.717, 1.165) is 25.2 Å². The molecule has 0 saturated heterocycles. The minimum Gasteiger partial charge on any atom is -0.332 e. The molecular formula is C16H20N6O3. The number of urea groups is 1. The first-order valence-electron chi connectivity index (χ1n) is 8.17. The van der Waals surface area contributed by atoms with Crippen LogP contribution < -0.4 is 10.6 Å². The molecule has 2 atom stereocenters. The van der Waals surface area contributed by atoms with Gasteiger partial charge in [0.25, 0.3) is 5.69 Å². The molecular weight excluding hydrogens is 324 g/mol. The van der Waals surface area contributed by atoms with Crippen molar-refractivity contribution >= 4 is 11.7 Å². The van der Waals surface area contributed by atoms with Gasteiger partial charge in [0.2, 0.25) is 0 Å². The monoisotopic (exact) mass is 344 g/mol. The number of fused-ring (bicyclic) bond motifs is 1. The number of benzene rings is 1. The van der Waals surface area contributed by atoms with E-state index < -0.39 is 4.92 Å². The molecule has 0 spiro atoms. The summed E-state index contributed by atoms with van der Waals surface area (Å²) in [6.45, 7) is 4.42. The van der Waals surface area contributed by atoms with Crippen LogP contribution in [0.5, 0.6) is 0 Å². The maximum Gasteiger partial charge on any atom is 0.315 e. The number of aromatic nitrogens is 3. The van der Waals surface area contributed by atoms with Gasteiger partial charge in [-0.25, -0.2) is 14.5 Å². The van der Waals surface area contributed by atoms with Gasteiger partial charge >= 0.3 is 6.03 Å². The van der Waals surface area contributed by atoms with Crippen LogP contribution in [-0.4, -0.2) is 25.7 Å². The molecule has 2 amide bonds. The quantitative estimate of drug-likeness (QED) is 0.653. The van der Waals surface area contributed by atoms with Crippen LogP contribution in [0.25, 0.3) is 0 Å². The van der Waals surface area contributed by atoms with Crippen molar-refractivity contribution in [1.29, 1.82) is 0 Å². The molecule has 0 unspecified atom stereocenters. The standard InChI is InChI=1S/C16H20N6O3/c1-10(12-5-3-6-13(9-12)22(24)25)17-16(23)19-14-7-4-8-21-15(14)18-11(2)20-21/h3,5-6,9-10,14H,4,7-8H2,1-2H3,(H2,17,19,23)/t10-,14+/m1/s1. The molecule has 9 nitrogen and oxygen atoms in total. The summed E-state index contributed by atoms with van der Waals surface area (Å²) in [5, 5.41) is 20.9. The predicted molar refractivity (Wildman–Crippen MR) is 89.9 cm³/mol. The number of amides is 2. The summed E-state index contributed by atoms with van der Waals surface area (Å²) >= 11 is 0. The second-order valence-corrected chi connectivity index (χ2v) is 6.13. The van der Waals surface area contributed by atoms with Crippen molar-refractivity contribution in [3.8, 4) is 0 Å². The number of carbonyl (C=O) groups excluding carboxylic acids is 1. The van der Waals surface area contributed by atoms with Crippen LogP contribution >= 0.6 is 0 Å². The van der Waals surface area contributed by atoms with Crippen molar-refractivity contribution in [1.82, 2.24) is 25.4 Å². The van der Waals surface area contributed by atoms with Gasteiger partial charge in [-0.1, -0.05) is 12.1 Å². The Bertz CT molecular complexity index is 803. The molecule has 9 heteroatoms. The van der Waals surface area contributed by atoms with Crippen LogP contribution in [0.15, 0.2) is 24.3 Å². The van der Waals surface area contributed by atoms with Crippen LogP contribution in [0.3, 0.4) is 0 Å². The Morgan fingerprint density at radius 2 is 2.28 bits per heavy atom. The van der Waals surface area contributed by atoms with E-state index in [1.165, 1.54) is 12.1 Å². The number of carbonyl (C=O) groups is 1. The summed E-state index contributed by atoms with van der Waals surface area (Å²) in [5.74, 6) is 1.45. The minimum atomic E-state index is -0.451. The van der Waals surface area contributed by atoms with Gasteiger partial charge in [-0.05, 0) is 32.3 Å². The molecule has 0 radical (unpaired) electrons. The Balaban J connectivity index is 1.65. The maximum absolute atomic E-state index is 12.3. The molecule has 1 aromatic carbocycles. The second kappa shape index (κ2) is 6.88. The zero-order chi connectivity index (χ0) is 18.0. The SMILES string of the molecule is Cc1nc2n(n1)CCC[C@@H]2NC(=O)N[C@H](C)c1cccc([N+](=O)[O-])c1. The Kier molecular flexibility index (Phi) is 4.64. The number of hydrogen-bond donors (Lipinski definition) is 2. The van der Waals surface area contributed by atoms with Gasteiger partial charge in [-0.2, -0.15) is 5.10 Å². The number of rotatable bonds is 4. The van der Waals surface area contributed by atoms with Crippen LogP contribution in [0.2, 0.25) is 0 Å². The van der Waals surface area contributed by atoms with E-state index in [1.807, 2.05) is 11.6 Å². The topological polar surface area (TPSA) is 115 Å². The summed E-state index contributed by atoms with van der Waals surface area (Å²) in [5.41, 5.74) is 0.675. The molecule has 25 heavy (non-hydrogen) atoms. The lowest BCUT2D eigenvalue weighted by atomic mass is 10.1. The fourth-order valence-corrected chi connectivity index (χ4v) is 2.99. The molecule has 0 bridgehead atoms. The second-order valence-electron chi connectivity index (χ2n) is 6.13. The molecule has 1 aliphatic heterocycles. The molecule has 1 aromatic heterocycles. The van der Waals surface area contributed by atoms with E-state index in [2.05, 4.69) is 20.7 Å². The minimum absolute atomic E-state index is 0.00224. The Labute approximate surface area is 144 Å². The molecule has 0 fully saturated rings. The van der Waals surface area contributed by atoms with Crippen molar-refractivity contribution in [2.75, 3.05) is 0 Å². The van der Waals surface area contributed by atoms with Crippen molar-refractivity contribution in [3.05, 3.63) is 51.6 Å². The van der Waals surface area contributed by atoms with E-state index in [1.54, 1.807) is 19.1 Å². The third-order valence-corrected chi connectivity index (χ3v) is 4.21. The number of non-ortho nitro benzene ring substituents is 1. The van der Waals surface area contributed by atoms with E-state index in [9.17, 15) is 14.9 Å². The number of hydrogen-bond acceptors (Lipinski definition) is 5. The highest BCUT2D eigenvalue weighted by molar-refractivity contribution is 5.74. The third kappa shape index (κ3) is 3.76. The van der Waals surface area contributed by atoms with Gasteiger partial charge in [0.15, 0.2) is 0 Å². The molecule has 2 aromatic rings. The lowest BCUT2D eigenvalue weighted by molar-refractivity contribution is -0.384. The summed E-state index contributed by atoms with van der Waals surface area (Å²) in [6, 6.07) is 5.36. The number of nitro benzene ring substituents is 1. The zero-order valence-corrected chi connectivity index (χ0v) is 14.1. The summed E-state index contributed by atoms with van der Waals surface area (Å²) in [4.78, 5) is 27.1. The van der Waals surface area contributed by atoms with Gasteiger partial charge in [0.05, 0.1) is 17.0 Å². The Morgan fingerprint density at radius 3 is 3.04 bits per heavy atom. The third-order valence-electron chi connectivity index (χ3n) is 4.21. The van der Waals surface area contributed by atoms with Crippen LogP contribution in [0.1, 0.15) is 49.1 Å². The molecule has 3 rings (SSSR count). The maximum atomic E-state index is 12.3. The van der Waals surface area contributed by atoms with Gasteiger partial charge in [0, 0.05) is 18.7 Å². The van der Waals surface area contributed by atoms with Crippen LogP contribution in [0, 0.1) is 17.0 Å². The summed E-state index contributed by atoms with van der Waals surface area (Å²) in [7, 11) is 0. The Hall–Kier alpha value is -2.97. The Morgan fingerprint density at radius 1 is 1.48 bits per heavy atom. The van der Waals surface area contributed by atoms with Gasteiger partial charge < -0.3 is 10.6 Å². The fourth-order valence-electron chi connectivity index (χ4n) is 2.99. The normalized spacial score (nSPS) is 17.4. The van der Waals surface area contributed by atoms with E-state index >= 15 is 0 Å². The van der Waals surface area contributed by atoms with Crippen molar-refractivity contribution in [2.45, 2.75) is 45.3 Å². The van der Waals surface area contributed by atoms with Gasteiger partial charge in [0.1, 0.15) is 11.6 Å². The smallest absolute Gasteiger partial charge is 0.315 e. The first-order chi connectivity index (χ1) is 11.9. The average Bonchev–Trinajstić information content (AvgIpc) is 2.96. The highest BCUT2D eigenvalue weighted by Gasteiger charge is 2.25. The molecule has 1 aliphatic rings. The number of aryl methyl sites for hydroxylation is 2. The van der Waals surface area contributed by atoms with Crippen molar-refractivity contribution in [3.63, 3.8) is 0 Å². The lowest BCUT2D eigenvalue weighted by Gasteiger charge is -2.24. The number of nitro groups is 1. The lowest BCUT2D eigenvalue weighted by Crippen LogP contribution is -2.41. The molecule has 132 valence electrons. The molecule has 0 aliphatic carbocycles. The highest BCUT2D eigenvalue weighted by atomic mass is 16.6. The molecule has 2 heterocycles. The van der Waals surface area contributed by atoms with Crippen LogP contribution in [0.4, 0.5) is 10.5 Å². The van der Waals surface area contributed by atoms with Gasteiger partial charge in [-0.15, -0.1) is 0 Å².